The summed E-state index contributed by atoms with van der Waals surface area (Å²) in [5.74, 6) is 0. The fraction of sp³-hybridized carbons (Fsp3) is 0.333. The fourth-order valence-electron chi connectivity index (χ4n) is 1.38. The Labute approximate surface area is 93.1 Å². The summed E-state index contributed by atoms with van der Waals surface area (Å²) in [7, 11) is 0. The molecule has 0 amide bonds. The Bertz CT molecular complexity index is 338. The Morgan fingerprint density at radius 1 is 1.57 bits per heavy atom. The molecule has 1 saturated heterocycles. The molecule has 1 N–H and O–H groups in total. The number of nitrogens with one attached hydrogen (secondary N) is 1. The van der Waals surface area contributed by atoms with Crippen LogP contribution in [0.1, 0.15) is 5.56 Å². The van der Waals surface area contributed by atoms with Crippen LogP contribution in [0.2, 0.25) is 5.15 Å². The Hall–Kier alpha value is -0.870. The number of hydrogen-bond donors (Lipinski definition) is 1. The van der Waals surface area contributed by atoms with Gasteiger partial charge in [-0.05, 0) is 23.8 Å². The van der Waals surface area contributed by atoms with Gasteiger partial charge in [0.25, 0.3) is 0 Å². The van der Waals surface area contributed by atoms with Crippen LogP contribution in [-0.2, 0) is 6.54 Å². The number of aromatic nitrogens is 1. The minimum absolute atomic E-state index is 0.524. The molecule has 1 aromatic heterocycles. The van der Waals surface area contributed by atoms with Crippen molar-refractivity contribution in [1.82, 2.24) is 15.2 Å². The number of rotatable bonds is 2. The molecule has 5 heteroatoms. The Morgan fingerprint density at radius 3 is 3.00 bits per heavy atom. The van der Waals surface area contributed by atoms with Gasteiger partial charge in [-0.25, -0.2) is 4.98 Å². The van der Waals surface area contributed by atoms with Gasteiger partial charge in [0.05, 0.1) is 0 Å². The molecule has 14 heavy (non-hydrogen) atoms. The minimum Gasteiger partial charge on any atom is -0.361 e. The molecule has 0 saturated carbocycles. The number of halogens is 1. The largest absolute Gasteiger partial charge is 0.361 e. The molecule has 1 aliphatic heterocycles. The van der Waals surface area contributed by atoms with E-state index in [1.165, 1.54) is 0 Å². The van der Waals surface area contributed by atoms with Gasteiger partial charge in [-0.2, -0.15) is 0 Å². The number of thiocarbonyl (C=S) groups is 1. The second kappa shape index (κ2) is 4.11. The normalized spacial score (nSPS) is 15.8. The predicted molar refractivity (Wildman–Crippen MR) is 60.3 cm³/mol. The molecule has 1 fully saturated rings. The van der Waals surface area contributed by atoms with Crippen molar-refractivity contribution >= 4 is 28.9 Å². The van der Waals surface area contributed by atoms with E-state index in [0.29, 0.717) is 5.15 Å². The van der Waals surface area contributed by atoms with Crippen molar-refractivity contribution in [1.29, 1.82) is 0 Å². The molecule has 74 valence electrons. The summed E-state index contributed by atoms with van der Waals surface area (Å²) in [5.41, 5.74) is 1.13. The average molecular weight is 228 g/mol. The lowest BCUT2D eigenvalue weighted by Crippen LogP contribution is -2.27. The molecule has 1 aliphatic rings. The van der Waals surface area contributed by atoms with Crippen molar-refractivity contribution < 1.29 is 0 Å². The highest BCUT2D eigenvalue weighted by atomic mass is 35.5. The second-order valence-electron chi connectivity index (χ2n) is 3.14. The highest BCUT2D eigenvalue weighted by molar-refractivity contribution is 7.80. The lowest BCUT2D eigenvalue weighted by Gasteiger charge is -2.15. The van der Waals surface area contributed by atoms with Gasteiger partial charge in [-0.15, -0.1) is 0 Å². The van der Waals surface area contributed by atoms with Crippen molar-refractivity contribution in [2.45, 2.75) is 6.54 Å². The molecule has 0 radical (unpaired) electrons. The third kappa shape index (κ3) is 2.13. The first-order chi connectivity index (χ1) is 6.75. The van der Waals surface area contributed by atoms with Crippen molar-refractivity contribution in [3.8, 4) is 0 Å². The lowest BCUT2D eigenvalue weighted by molar-refractivity contribution is 0.463. The van der Waals surface area contributed by atoms with Crippen molar-refractivity contribution in [3.63, 3.8) is 0 Å². The summed E-state index contributed by atoms with van der Waals surface area (Å²) >= 11 is 10.8. The summed E-state index contributed by atoms with van der Waals surface area (Å²) in [5, 5.41) is 4.46. The van der Waals surface area contributed by atoms with Gasteiger partial charge < -0.3 is 10.2 Å². The molecular formula is C9H10ClN3S. The van der Waals surface area contributed by atoms with Crippen LogP contribution in [0.15, 0.2) is 18.3 Å². The van der Waals surface area contributed by atoms with Gasteiger partial charge >= 0.3 is 0 Å². The van der Waals surface area contributed by atoms with Gasteiger partial charge in [0, 0.05) is 25.8 Å². The third-order valence-electron chi connectivity index (χ3n) is 2.11. The van der Waals surface area contributed by atoms with Gasteiger partial charge in [-0.3, -0.25) is 0 Å². The lowest BCUT2D eigenvalue weighted by atomic mass is 10.3. The van der Waals surface area contributed by atoms with Crippen LogP contribution in [-0.4, -0.2) is 28.1 Å². The predicted octanol–water partition coefficient (Wildman–Crippen LogP) is 1.43. The van der Waals surface area contributed by atoms with E-state index in [9.17, 15) is 0 Å². The molecule has 0 atom stereocenters. The number of hydrogen-bond acceptors (Lipinski definition) is 2. The van der Waals surface area contributed by atoms with E-state index in [2.05, 4.69) is 15.2 Å². The van der Waals surface area contributed by atoms with Crippen LogP contribution >= 0.6 is 23.8 Å². The van der Waals surface area contributed by atoms with Crippen molar-refractivity contribution in [2.24, 2.45) is 0 Å². The van der Waals surface area contributed by atoms with Crippen LogP contribution in [0.25, 0.3) is 0 Å². The first-order valence-corrected chi connectivity index (χ1v) is 5.17. The smallest absolute Gasteiger partial charge is 0.169 e. The summed E-state index contributed by atoms with van der Waals surface area (Å²) in [4.78, 5) is 6.13. The maximum absolute atomic E-state index is 5.69. The standard InChI is InChI=1S/C9H10ClN3S/c10-8-2-1-7(5-12-8)6-13-4-3-11-9(13)14/h1-2,5H,3-4,6H2,(H,11,14). The zero-order valence-electron chi connectivity index (χ0n) is 7.53. The van der Waals surface area contributed by atoms with Crippen LogP contribution in [0, 0.1) is 0 Å². The molecule has 2 rings (SSSR count). The van der Waals surface area contributed by atoms with Crippen LogP contribution < -0.4 is 5.32 Å². The summed E-state index contributed by atoms with van der Waals surface area (Å²) in [6.07, 6.45) is 1.78. The van der Waals surface area contributed by atoms with Crippen molar-refractivity contribution in [2.75, 3.05) is 13.1 Å². The number of nitrogens with zero attached hydrogens (tertiary/aromatic N) is 2. The first-order valence-electron chi connectivity index (χ1n) is 4.39. The SMILES string of the molecule is S=C1NCCN1Cc1ccc(Cl)nc1. The molecular weight excluding hydrogens is 218 g/mol. The summed E-state index contributed by atoms with van der Waals surface area (Å²) in [6, 6.07) is 3.76. The Kier molecular flexibility index (Phi) is 2.84. The quantitative estimate of drug-likeness (QED) is 0.611. The van der Waals surface area contributed by atoms with Gasteiger partial charge in [0.2, 0.25) is 0 Å². The van der Waals surface area contributed by atoms with Crippen LogP contribution in [0.3, 0.4) is 0 Å². The molecule has 2 heterocycles. The first kappa shape index (κ1) is 9.68. The maximum Gasteiger partial charge on any atom is 0.169 e. The molecule has 3 nitrogen and oxygen atoms in total. The molecule has 1 aromatic rings. The molecule has 0 spiro atoms. The monoisotopic (exact) mass is 227 g/mol. The van der Waals surface area contributed by atoms with E-state index in [-0.39, 0.29) is 0 Å². The van der Waals surface area contributed by atoms with Gasteiger partial charge in [0.1, 0.15) is 5.15 Å². The minimum atomic E-state index is 0.524. The van der Waals surface area contributed by atoms with E-state index in [4.69, 9.17) is 23.8 Å². The number of pyridine rings is 1. The van der Waals surface area contributed by atoms with Crippen molar-refractivity contribution in [3.05, 3.63) is 29.0 Å². The fourth-order valence-corrected chi connectivity index (χ4v) is 1.75. The molecule has 0 bridgehead atoms. The van der Waals surface area contributed by atoms with Gasteiger partial charge in [0.15, 0.2) is 5.11 Å². The summed E-state index contributed by atoms with van der Waals surface area (Å²) < 4.78 is 0. The second-order valence-corrected chi connectivity index (χ2v) is 3.92. The Morgan fingerprint density at radius 2 is 2.43 bits per heavy atom. The third-order valence-corrected chi connectivity index (χ3v) is 2.73. The summed E-state index contributed by atoms with van der Waals surface area (Å²) in [6.45, 7) is 2.69. The highest BCUT2D eigenvalue weighted by Crippen LogP contribution is 2.09. The maximum atomic E-state index is 5.69. The zero-order chi connectivity index (χ0) is 9.97. The van der Waals surface area contributed by atoms with Gasteiger partial charge in [-0.1, -0.05) is 17.7 Å². The van der Waals surface area contributed by atoms with Crippen LogP contribution in [0.4, 0.5) is 0 Å². The van der Waals surface area contributed by atoms with E-state index >= 15 is 0 Å². The van der Waals surface area contributed by atoms with E-state index in [1.54, 1.807) is 12.3 Å². The van der Waals surface area contributed by atoms with Crippen LogP contribution in [0.5, 0.6) is 0 Å². The van der Waals surface area contributed by atoms with E-state index in [1.807, 2.05) is 6.07 Å². The van der Waals surface area contributed by atoms with E-state index < -0.39 is 0 Å². The average Bonchev–Trinajstić information content (AvgIpc) is 2.56. The topological polar surface area (TPSA) is 28.2 Å². The van der Waals surface area contributed by atoms with E-state index in [0.717, 1.165) is 30.3 Å². The molecule has 0 aromatic carbocycles. The molecule has 0 unspecified atom stereocenters. The highest BCUT2D eigenvalue weighted by Gasteiger charge is 2.15. The zero-order valence-corrected chi connectivity index (χ0v) is 9.11. The molecule has 0 aliphatic carbocycles. The Balaban J connectivity index is 2.03.